The molecule has 0 aliphatic carbocycles. The van der Waals surface area contributed by atoms with Gasteiger partial charge in [0.1, 0.15) is 6.17 Å². The zero-order valence-electron chi connectivity index (χ0n) is 23.1. The third-order valence-electron chi connectivity index (χ3n) is 5.75. The molecule has 0 bridgehead atoms. The van der Waals surface area contributed by atoms with Gasteiger partial charge in [0.2, 0.25) is 5.91 Å². The molecule has 40 heavy (non-hydrogen) atoms. The second-order valence-electron chi connectivity index (χ2n) is 9.37. The third-order valence-corrected chi connectivity index (χ3v) is 5.75. The number of carbonyl (C=O) groups excluding carboxylic acids is 2. The fraction of sp³-hybridized carbons (Fsp3) is 0.481. The van der Waals surface area contributed by atoms with Gasteiger partial charge in [0.15, 0.2) is 5.96 Å². The van der Waals surface area contributed by atoms with Crippen LogP contribution in [0.5, 0.6) is 0 Å². The summed E-state index contributed by atoms with van der Waals surface area (Å²) < 4.78 is 53.6. The first-order valence-electron chi connectivity index (χ1n) is 12.9. The van der Waals surface area contributed by atoms with E-state index in [2.05, 4.69) is 31.2 Å². The maximum atomic E-state index is 13.5. The molecule has 1 aromatic carbocycles. The van der Waals surface area contributed by atoms with Gasteiger partial charge in [0.25, 0.3) is 5.91 Å². The number of halogens is 4. The van der Waals surface area contributed by atoms with E-state index in [4.69, 9.17) is 0 Å². The molecule has 0 saturated heterocycles. The van der Waals surface area contributed by atoms with Crippen molar-refractivity contribution in [3.63, 3.8) is 0 Å². The van der Waals surface area contributed by atoms with Gasteiger partial charge in [-0.2, -0.15) is 13.2 Å². The summed E-state index contributed by atoms with van der Waals surface area (Å²) in [6.45, 7) is 8.12. The van der Waals surface area contributed by atoms with Gasteiger partial charge in [-0.05, 0) is 49.6 Å². The highest BCUT2D eigenvalue weighted by molar-refractivity contribution is 5.99. The monoisotopic (exact) mass is 568 g/mol. The number of hydrogen-bond acceptors (Lipinski definition) is 7. The van der Waals surface area contributed by atoms with Crippen LogP contribution in [0.3, 0.4) is 0 Å². The third kappa shape index (κ3) is 9.47. The molecule has 0 spiro atoms. The summed E-state index contributed by atoms with van der Waals surface area (Å²) in [5.41, 5.74) is -1.66. The summed E-state index contributed by atoms with van der Waals surface area (Å²) in [4.78, 5) is 33.1. The number of amides is 2. The highest BCUT2D eigenvalue weighted by Crippen LogP contribution is 2.35. The molecular weight excluding hydrogens is 532 g/mol. The fourth-order valence-corrected chi connectivity index (χ4v) is 3.67. The van der Waals surface area contributed by atoms with Crippen molar-refractivity contribution in [1.29, 1.82) is 0 Å². The Morgan fingerprint density at radius 3 is 2.38 bits per heavy atom. The van der Waals surface area contributed by atoms with Crippen molar-refractivity contribution in [2.45, 2.75) is 65.0 Å². The summed E-state index contributed by atoms with van der Waals surface area (Å²) >= 11 is 0. The Morgan fingerprint density at radius 2 is 1.80 bits per heavy atom. The Labute approximate surface area is 230 Å². The molecule has 9 nitrogen and oxygen atoms in total. The molecule has 3 rings (SSSR count). The first-order chi connectivity index (χ1) is 18.8. The Morgan fingerprint density at radius 1 is 1.12 bits per heavy atom. The number of alkyl halides is 4. The second kappa shape index (κ2) is 14.1. The predicted octanol–water partition coefficient (Wildman–Crippen LogP) is 4.06. The van der Waals surface area contributed by atoms with Crippen LogP contribution < -0.4 is 21.3 Å². The molecule has 220 valence electrons. The van der Waals surface area contributed by atoms with Crippen molar-refractivity contribution in [3.8, 4) is 0 Å². The molecule has 0 fully saturated rings. The Bertz CT molecular complexity index is 1170. The quantitative estimate of drug-likeness (QED) is 0.306. The van der Waals surface area contributed by atoms with Gasteiger partial charge in [-0.15, -0.1) is 0 Å². The molecule has 2 atom stereocenters. The molecule has 0 radical (unpaired) electrons. The zero-order valence-corrected chi connectivity index (χ0v) is 23.1. The number of pyridine rings is 1. The Kier molecular flexibility index (Phi) is 11.4. The molecule has 2 heterocycles. The summed E-state index contributed by atoms with van der Waals surface area (Å²) in [5.74, 6) is -0.878. The van der Waals surface area contributed by atoms with Crippen LogP contribution in [0.2, 0.25) is 0 Å². The number of aliphatic imine (C=N–C) groups is 1. The molecule has 2 unspecified atom stereocenters. The standard InChI is InChI=1S/C25H30F4N6O3.C2H6/c1-4-20(14-5-16(24(2,3)38)8-17(6-14)25(27,28)29)35-21(36)13-31-22(37)15-7-19(12-30-9-15)34-23-32-10-18(26)11-33-23;1-2/h5-9,12,18,20,38H,4,10-11,13H2,1-3H3,(H,31,37)(H,35,36)(H2,32,33,34);1-2H3. The van der Waals surface area contributed by atoms with Gasteiger partial charge in [0.05, 0.1) is 54.3 Å². The van der Waals surface area contributed by atoms with E-state index in [1.165, 1.54) is 38.4 Å². The van der Waals surface area contributed by atoms with Crippen LogP contribution in [0, 0.1) is 0 Å². The number of anilines is 1. The van der Waals surface area contributed by atoms with E-state index in [0.29, 0.717) is 11.6 Å². The van der Waals surface area contributed by atoms with Crippen LogP contribution in [0.15, 0.2) is 41.7 Å². The van der Waals surface area contributed by atoms with E-state index in [1.807, 2.05) is 13.8 Å². The predicted molar refractivity (Wildman–Crippen MR) is 145 cm³/mol. The van der Waals surface area contributed by atoms with Crippen molar-refractivity contribution in [3.05, 3.63) is 58.9 Å². The summed E-state index contributed by atoms with van der Waals surface area (Å²) in [6, 6.07) is 3.92. The number of aromatic nitrogens is 1. The van der Waals surface area contributed by atoms with E-state index in [1.54, 1.807) is 6.92 Å². The fourth-order valence-electron chi connectivity index (χ4n) is 3.67. The van der Waals surface area contributed by atoms with Gasteiger partial charge in [-0.3, -0.25) is 14.6 Å². The number of guanidine groups is 1. The van der Waals surface area contributed by atoms with E-state index in [-0.39, 0.29) is 36.2 Å². The van der Waals surface area contributed by atoms with Crippen molar-refractivity contribution in [2.24, 2.45) is 4.99 Å². The van der Waals surface area contributed by atoms with E-state index in [0.717, 1.165) is 12.1 Å². The van der Waals surface area contributed by atoms with Crippen molar-refractivity contribution in [1.82, 2.24) is 20.9 Å². The average Bonchev–Trinajstić information content (AvgIpc) is 2.91. The van der Waals surface area contributed by atoms with Crippen LogP contribution in [-0.2, 0) is 16.6 Å². The molecule has 0 saturated carbocycles. The average molecular weight is 569 g/mol. The van der Waals surface area contributed by atoms with Crippen molar-refractivity contribution < 1.29 is 32.3 Å². The van der Waals surface area contributed by atoms with Gasteiger partial charge < -0.3 is 26.4 Å². The SMILES string of the molecule is CC.CCC(NC(=O)CNC(=O)c1cncc(NC2=NCC(F)CN2)c1)c1cc(C(C)(C)O)cc(C(F)(F)F)c1. The number of carbonyl (C=O) groups is 2. The van der Waals surface area contributed by atoms with Gasteiger partial charge in [-0.25, -0.2) is 9.38 Å². The lowest BCUT2D eigenvalue weighted by Crippen LogP contribution is -2.41. The maximum absolute atomic E-state index is 13.5. The first kappa shape index (κ1) is 32.5. The van der Waals surface area contributed by atoms with Crippen molar-refractivity contribution >= 4 is 23.5 Å². The lowest BCUT2D eigenvalue weighted by Gasteiger charge is -2.24. The summed E-state index contributed by atoms with van der Waals surface area (Å²) in [5, 5.41) is 21.0. The summed E-state index contributed by atoms with van der Waals surface area (Å²) in [7, 11) is 0. The first-order valence-corrected chi connectivity index (χ1v) is 12.9. The van der Waals surface area contributed by atoms with E-state index < -0.39 is 47.9 Å². The normalized spacial score (nSPS) is 15.9. The smallest absolute Gasteiger partial charge is 0.386 e. The zero-order chi connectivity index (χ0) is 30.1. The Balaban J connectivity index is 0.00000274. The number of rotatable bonds is 8. The van der Waals surface area contributed by atoms with Crippen molar-refractivity contribution in [2.75, 3.05) is 25.0 Å². The van der Waals surface area contributed by atoms with E-state index >= 15 is 0 Å². The molecule has 1 aliphatic rings. The Hall–Kier alpha value is -3.74. The number of nitrogens with one attached hydrogen (secondary N) is 4. The molecule has 2 amide bonds. The maximum Gasteiger partial charge on any atom is 0.416 e. The molecule has 1 aromatic heterocycles. The highest BCUT2D eigenvalue weighted by atomic mass is 19.4. The van der Waals surface area contributed by atoms with Gasteiger partial charge in [0, 0.05) is 6.20 Å². The van der Waals surface area contributed by atoms with Gasteiger partial charge in [-0.1, -0.05) is 26.8 Å². The lowest BCUT2D eigenvalue weighted by atomic mass is 9.91. The highest BCUT2D eigenvalue weighted by Gasteiger charge is 2.33. The van der Waals surface area contributed by atoms with Gasteiger partial charge >= 0.3 is 6.18 Å². The number of benzene rings is 1. The molecule has 2 aromatic rings. The van der Waals surface area contributed by atoms with Crippen LogP contribution in [0.4, 0.5) is 23.2 Å². The minimum Gasteiger partial charge on any atom is -0.386 e. The molecular formula is C27H36F4N6O3. The van der Waals surface area contributed by atoms with Crippen LogP contribution in [-0.4, -0.2) is 53.7 Å². The topological polar surface area (TPSA) is 128 Å². The molecule has 13 heteroatoms. The number of hydrogen-bond donors (Lipinski definition) is 5. The van der Waals surface area contributed by atoms with Crippen LogP contribution in [0.1, 0.15) is 74.1 Å². The number of aliphatic hydroxyl groups is 1. The van der Waals surface area contributed by atoms with E-state index in [9.17, 15) is 32.3 Å². The summed E-state index contributed by atoms with van der Waals surface area (Å²) in [6.07, 6.45) is -2.71. The number of nitrogens with zero attached hydrogens (tertiary/aromatic N) is 2. The molecule has 5 N–H and O–H groups in total. The van der Waals surface area contributed by atoms with Crippen LogP contribution in [0.25, 0.3) is 0 Å². The lowest BCUT2D eigenvalue weighted by molar-refractivity contribution is -0.137. The minimum atomic E-state index is -4.64. The molecule has 1 aliphatic heterocycles. The largest absolute Gasteiger partial charge is 0.416 e. The second-order valence-corrected chi connectivity index (χ2v) is 9.37. The van der Waals surface area contributed by atoms with Crippen LogP contribution >= 0.6 is 0 Å². The minimum absolute atomic E-state index is 0.0103.